The molecule has 0 spiro atoms. The van der Waals surface area contributed by atoms with E-state index in [2.05, 4.69) is 4.98 Å². The molecule has 94 valence electrons. The van der Waals surface area contributed by atoms with E-state index >= 15 is 0 Å². The van der Waals surface area contributed by atoms with Crippen molar-refractivity contribution in [3.05, 3.63) is 27.6 Å². The van der Waals surface area contributed by atoms with Crippen LogP contribution in [0.3, 0.4) is 0 Å². The second kappa shape index (κ2) is 4.30. The third-order valence-electron chi connectivity index (χ3n) is 1.99. The summed E-state index contributed by atoms with van der Waals surface area (Å²) in [6, 6.07) is 0. The number of primary sulfonamides is 1. The van der Waals surface area contributed by atoms with Crippen molar-refractivity contribution in [2.75, 3.05) is 0 Å². The maximum atomic E-state index is 12.4. The van der Waals surface area contributed by atoms with Crippen molar-refractivity contribution >= 4 is 15.7 Å². The van der Waals surface area contributed by atoms with Gasteiger partial charge in [0.15, 0.2) is 4.90 Å². The van der Waals surface area contributed by atoms with Crippen LogP contribution in [0.25, 0.3) is 0 Å². The summed E-state index contributed by atoms with van der Waals surface area (Å²) in [5.41, 5.74) is -2.33. The lowest BCUT2D eigenvalue weighted by atomic mass is 10.2. The molecule has 1 aromatic heterocycles. The number of nitrogens with zero attached hydrogens (tertiary/aromatic N) is 2. The molecule has 7 nitrogen and oxygen atoms in total. The molecule has 0 amide bonds. The number of alkyl halides is 2. The number of nitrogens with two attached hydrogens (primary N) is 1. The quantitative estimate of drug-likeness (QED) is 0.644. The van der Waals surface area contributed by atoms with E-state index in [0.717, 1.165) is 6.92 Å². The first-order valence-corrected chi connectivity index (χ1v) is 5.65. The van der Waals surface area contributed by atoms with Crippen LogP contribution < -0.4 is 5.14 Å². The summed E-state index contributed by atoms with van der Waals surface area (Å²) in [5.74, 6) is 0. The number of hydrogen-bond acceptors (Lipinski definition) is 5. The van der Waals surface area contributed by atoms with Crippen molar-refractivity contribution < 1.29 is 22.1 Å². The lowest BCUT2D eigenvalue weighted by Gasteiger charge is -2.07. The molecule has 0 aliphatic rings. The lowest BCUT2D eigenvalue weighted by molar-refractivity contribution is -0.388. The van der Waals surface area contributed by atoms with Crippen LogP contribution in [-0.4, -0.2) is 18.3 Å². The molecular weight excluding hydrogens is 260 g/mol. The third kappa shape index (κ3) is 2.53. The molecule has 2 N–H and O–H groups in total. The molecule has 1 rings (SSSR count). The largest absolute Gasteiger partial charge is 0.295 e. The third-order valence-corrected chi connectivity index (χ3v) is 2.90. The number of hydrogen-bond donors (Lipinski definition) is 1. The maximum Gasteiger partial charge on any atom is 0.295 e. The molecule has 0 aliphatic carbocycles. The number of nitro groups is 1. The highest BCUT2D eigenvalue weighted by Crippen LogP contribution is 2.31. The van der Waals surface area contributed by atoms with Gasteiger partial charge >= 0.3 is 0 Å². The molecule has 0 fully saturated rings. The van der Waals surface area contributed by atoms with E-state index in [1.165, 1.54) is 0 Å². The molecule has 0 unspecified atom stereocenters. The minimum Gasteiger partial charge on any atom is -0.258 e. The minimum absolute atomic E-state index is 0.460. The first-order valence-electron chi connectivity index (χ1n) is 4.11. The molecule has 0 bridgehead atoms. The van der Waals surface area contributed by atoms with Gasteiger partial charge in [0, 0.05) is 0 Å². The SMILES string of the molecule is Cc1c(C(F)F)ncc(S(N)(=O)=O)c1[N+](=O)[O-]. The van der Waals surface area contributed by atoms with Gasteiger partial charge in [0.25, 0.3) is 12.1 Å². The Labute approximate surface area is 94.5 Å². The Morgan fingerprint density at radius 2 is 2.06 bits per heavy atom. The Bertz CT molecular complexity index is 573. The van der Waals surface area contributed by atoms with Gasteiger partial charge in [0.05, 0.1) is 16.7 Å². The summed E-state index contributed by atoms with van der Waals surface area (Å²) in [4.78, 5) is 11.9. The van der Waals surface area contributed by atoms with Gasteiger partial charge in [-0.15, -0.1) is 0 Å². The Kier molecular flexibility index (Phi) is 3.38. The lowest BCUT2D eigenvalue weighted by Crippen LogP contribution is -2.16. The monoisotopic (exact) mass is 267 g/mol. The fourth-order valence-corrected chi connectivity index (χ4v) is 1.94. The zero-order valence-electron chi connectivity index (χ0n) is 8.42. The summed E-state index contributed by atoms with van der Waals surface area (Å²) >= 11 is 0. The molecule has 0 saturated carbocycles. The molecule has 1 heterocycles. The molecule has 17 heavy (non-hydrogen) atoms. The molecular formula is C7H7F2N3O4S. The van der Waals surface area contributed by atoms with Crippen molar-refractivity contribution in [3.63, 3.8) is 0 Å². The van der Waals surface area contributed by atoms with Crippen molar-refractivity contribution in [3.8, 4) is 0 Å². The molecule has 0 atom stereocenters. The van der Waals surface area contributed by atoms with Crippen LogP contribution in [-0.2, 0) is 10.0 Å². The molecule has 0 radical (unpaired) electrons. The van der Waals surface area contributed by atoms with Crippen molar-refractivity contribution in [1.29, 1.82) is 0 Å². The highest BCUT2D eigenvalue weighted by Gasteiger charge is 2.30. The van der Waals surface area contributed by atoms with Gasteiger partial charge < -0.3 is 0 Å². The van der Waals surface area contributed by atoms with Gasteiger partial charge in [-0.25, -0.2) is 22.3 Å². The average Bonchev–Trinajstić information content (AvgIpc) is 2.14. The highest BCUT2D eigenvalue weighted by atomic mass is 32.2. The zero-order valence-corrected chi connectivity index (χ0v) is 9.24. The van der Waals surface area contributed by atoms with Gasteiger partial charge in [-0.3, -0.25) is 15.1 Å². The number of rotatable bonds is 3. The van der Waals surface area contributed by atoms with Gasteiger partial charge in [-0.2, -0.15) is 0 Å². The topological polar surface area (TPSA) is 116 Å². The Hall–Kier alpha value is -1.68. The van der Waals surface area contributed by atoms with E-state index < -0.39 is 43.2 Å². The van der Waals surface area contributed by atoms with Crippen LogP contribution in [0.2, 0.25) is 0 Å². The van der Waals surface area contributed by atoms with Gasteiger partial charge in [0.1, 0.15) is 5.69 Å². The second-order valence-electron chi connectivity index (χ2n) is 3.08. The average molecular weight is 267 g/mol. The van der Waals surface area contributed by atoms with Crippen LogP contribution in [0.1, 0.15) is 17.7 Å². The molecule has 0 saturated heterocycles. The van der Waals surface area contributed by atoms with Gasteiger partial charge in [0.2, 0.25) is 10.0 Å². The Balaban J connectivity index is 3.69. The summed E-state index contributed by atoms with van der Waals surface area (Å²) < 4.78 is 46.9. The van der Waals surface area contributed by atoms with Crippen molar-refractivity contribution in [2.24, 2.45) is 5.14 Å². The van der Waals surface area contributed by atoms with Crippen molar-refractivity contribution in [1.82, 2.24) is 4.98 Å². The summed E-state index contributed by atoms with van der Waals surface area (Å²) in [5, 5.41) is 15.4. The number of halogens is 2. The van der Waals surface area contributed by atoms with E-state index in [-0.39, 0.29) is 0 Å². The van der Waals surface area contributed by atoms with E-state index in [9.17, 15) is 27.3 Å². The van der Waals surface area contributed by atoms with Crippen molar-refractivity contribution in [2.45, 2.75) is 18.2 Å². The van der Waals surface area contributed by atoms with Crippen LogP contribution in [0, 0.1) is 17.0 Å². The van der Waals surface area contributed by atoms with Crippen LogP contribution in [0.5, 0.6) is 0 Å². The minimum atomic E-state index is -4.39. The number of aromatic nitrogens is 1. The fraction of sp³-hybridized carbons (Fsp3) is 0.286. The number of pyridine rings is 1. The van der Waals surface area contributed by atoms with E-state index in [4.69, 9.17) is 5.14 Å². The van der Waals surface area contributed by atoms with Gasteiger partial charge in [-0.05, 0) is 6.92 Å². The standard InChI is InChI=1S/C7H7F2N3O4S/c1-3-5(7(8)9)11-2-4(17(10,15)16)6(3)12(13)14/h2,7H,1H3,(H2,10,15,16). The highest BCUT2D eigenvalue weighted by molar-refractivity contribution is 7.89. The summed E-state index contributed by atoms with van der Waals surface area (Å²) in [7, 11) is -4.39. The first kappa shape index (κ1) is 13.4. The Morgan fingerprint density at radius 1 is 1.53 bits per heavy atom. The second-order valence-corrected chi connectivity index (χ2v) is 4.61. The van der Waals surface area contributed by atoms with Crippen LogP contribution in [0.15, 0.2) is 11.1 Å². The van der Waals surface area contributed by atoms with E-state index in [0.29, 0.717) is 6.20 Å². The molecule has 0 aliphatic heterocycles. The maximum absolute atomic E-state index is 12.4. The number of sulfonamides is 1. The predicted molar refractivity (Wildman–Crippen MR) is 52.0 cm³/mol. The molecule has 1 aromatic rings. The normalized spacial score (nSPS) is 11.8. The molecule has 10 heteroatoms. The van der Waals surface area contributed by atoms with Gasteiger partial charge in [-0.1, -0.05) is 0 Å². The predicted octanol–water partition coefficient (Wildman–Crippen LogP) is 0.883. The van der Waals surface area contributed by atoms with E-state index in [1.807, 2.05) is 0 Å². The fourth-order valence-electron chi connectivity index (χ4n) is 1.25. The zero-order chi connectivity index (χ0) is 13.4. The molecule has 0 aromatic carbocycles. The van der Waals surface area contributed by atoms with E-state index in [1.54, 1.807) is 0 Å². The van der Waals surface area contributed by atoms with Crippen LogP contribution in [0.4, 0.5) is 14.5 Å². The summed E-state index contributed by atoms with van der Waals surface area (Å²) in [6.45, 7) is 0.987. The Morgan fingerprint density at radius 3 is 2.41 bits per heavy atom. The summed E-state index contributed by atoms with van der Waals surface area (Å²) in [6.07, 6.45) is -2.58. The first-order chi connectivity index (χ1) is 7.66. The van der Waals surface area contributed by atoms with Crippen LogP contribution >= 0.6 is 0 Å². The smallest absolute Gasteiger partial charge is 0.258 e.